The second-order valence-corrected chi connectivity index (χ2v) is 9.93. The Hall–Kier alpha value is -1.76. The number of benzene rings is 1. The number of ether oxygens (including phenoxy) is 1. The molecule has 2 aromatic rings. The van der Waals surface area contributed by atoms with Gasteiger partial charge in [-0.15, -0.1) is 11.3 Å². The first-order chi connectivity index (χ1) is 14.4. The van der Waals surface area contributed by atoms with Gasteiger partial charge < -0.3 is 9.64 Å². The van der Waals surface area contributed by atoms with E-state index in [0.29, 0.717) is 19.7 Å². The minimum absolute atomic E-state index is 0.0546. The molecule has 0 spiro atoms. The van der Waals surface area contributed by atoms with Gasteiger partial charge in [-0.25, -0.2) is 4.39 Å². The molecule has 0 aliphatic carbocycles. The quantitative estimate of drug-likeness (QED) is 0.583. The van der Waals surface area contributed by atoms with Crippen molar-refractivity contribution in [1.82, 2.24) is 9.80 Å². The third-order valence-electron chi connectivity index (χ3n) is 5.79. The van der Waals surface area contributed by atoms with Crippen LogP contribution < -0.4 is 0 Å². The highest BCUT2D eigenvalue weighted by atomic mass is 32.1. The lowest BCUT2D eigenvalue weighted by atomic mass is 9.88. The van der Waals surface area contributed by atoms with Gasteiger partial charge in [-0.2, -0.15) is 0 Å². The van der Waals surface area contributed by atoms with Crippen molar-refractivity contribution in [3.8, 4) is 0 Å². The standard InChI is InChI=1S/C24H33FN2O2S/c1-17(2)24(28)27(10-11-29-4)14-20-13-26(15-22-9-8-18(3)30-22)16-23(20)19-6-5-7-21(25)12-19/h5-9,12,17,20,23H,10-11,13-16H2,1-4H3/t20-,23-/m1/s1. The summed E-state index contributed by atoms with van der Waals surface area (Å²) < 4.78 is 19.2. The fourth-order valence-electron chi connectivity index (χ4n) is 4.32. The summed E-state index contributed by atoms with van der Waals surface area (Å²) in [6, 6.07) is 11.3. The average Bonchev–Trinajstić information content (AvgIpc) is 3.30. The van der Waals surface area contributed by atoms with Crippen LogP contribution in [0.5, 0.6) is 0 Å². The van der Waals surface area contributed by atoms with Crippen molar-refractivity contribution >= 4 is 17.2 Å². The Morgan fingerprint density at radius 1 is 1.30 bits per heavy atom. The molecule has 0 bridgehead atoms. The Labute approximate surface area is 183 Å². The zero-order chi connectivity index (χ0) is 21.7. The third-order valence-corrected chi connectivity index (χ3v) is 6.78. The van der Waals surface area contributed by atoms with E-state index in [1.807, 2.05) is 36.2 Å². The number of hydrogen-bond donors (Lipinski definition) is 0. The molecule has 1 aromatic carbocycles. The number of amides is 1. The largest absolute Gasteiger partial charge is 0.383 e. The first kappa shape index (κ1) is 22.9. The van der Waals surface area contributed by atoms with Gasteiger partial charge in [0.1, 0.15) is 5.82 Å². The third kappa shape index (κ3) is 5.90. The number of thiophene rings is 1. The van der Waals surface area contributed by atoms with E-state index >= 15 is 0 Å². The number of halogens is 1. The van der Waals surface area contributed by atoms with E-state index in [9.17, 15) is 9.18 Å². The van der Waals surface area contributed by atoms with E-state index in [4.69, 9.17) is 4.74 Å². The summed E-state index contributed by atoms with van der Waals surface area (Å²) in [5.41, 5.74) is 1.02. The zero-order valence-electron chi connectivity index (χ0n) is 18.4. The van der Waals surface area contributed by atoms with Crippen molar-refractivity contribution < 1.29 is 13.9 Å². The second kappa shape index (κ2) is 10.5. The smallest absolute Gasteiger partial charge is 0.225 e. The van der Waals surface area contributed by atoms with Gasteiger partial charge in [0, 0.05) is 61.4 Å². The predicted octanol–water partition coefficient (Wildman–Crippen LogP) is 4.54. The molecule has 164 valence electrons. The summed E-state index contributed by atoms with van der Waals surface area (Å²) in [5, 5.41) is 0. The van der Waals surface area contributed by atoms with E-state index in [-0.39, 0.29) is 29.5 Å². The lowest BCUT2D eigenvalue weighted by Crippen LogP contribution is -2.41. The lowest BCUT2D eigenvalue weighted by molar-refractivity contribution is -0.135. The molecule has 1 aliphatic heterocycles. The predicted molar refractivity (Wildman–Crippen MR) is 120 cm³/mol. The Kier molecular flexibility index (Phi) is 8.03. The molecule has 1 saturated heterocycles. The van der Waals surface area contributed by atoms with Crippen molar-refractivity contribution in [2.45, 2.75) is 33.2 Å². The second-order valence-electron chi connectivity index (χ2n) is 8.56. The number of nitrogens with zero attached hydrogens (tertiary/aromatic N) is 2. The molecule has 6 heteroatoms. The highest BCUT2D eigenvalue weighted by Gasteiger charge is 2.36. The van der Waals surface area contributed by atoms with Gasteiger partial charge in [0.2, 0.25) is 5.91 Å². The van der Waals surface area contributed by atoms with Crippen molar-refractivity contribution in [3.63, 3.8) is 0 Å². The van der Waals surface area contributed by atoms with Crippen LogP contribution in [-0.4, -0.2) is 55.6 Å². The maximum Gasteiger partial charge on any atom is 0.225 e. The van der Waals surface area contributed by atoms with Gasteiger partial charge in [-0.1, -0.05) is 26.0 Å². The minimum atomic E-state index is -0.201. The number of hydrogen-bond acceptors (Lipinski definition) is 4. The number of methoxy groups -OCH3 is 1. The lowest BCUT2D eigenvalue weighted by Gasteiger charge is -2.29. The summed E-state index contributed by atoms with van der Waals surface area (Å²) >= 11 is 1.83. The van der Waals surface area contributed by atoms with Crippen LogP contribution in [0.15, 0.2) is 36.4 Å². The fraction of sp³-hybridized carbons (Fsp3) is 0.542. The molecule has 3 rings (SSSR count). The monoisotopic (exact) mass is 432 g/mol. The van der Waals surface area contributed by atoms with Crippen LogP contribution in [-0.2, 0) is 16.1 Å². The van der Waals surface area contributed by atoms with Crippen LogP contribution in [0.1, 0.15) is 35.1 Å². The van der Waals surface area contributed by atoms with Crippen LogP contribution in [0.4, 0.5) is 4.39 Å². The van der Waals surface area contributed by atoms with Crippen molar-refractivity contribution in [2.24, 2.45) is 11.8 Å². The number of aryl methyl sites for hydroxylation is 1. The Bertz CT molecular complexity index is 838. The normalized spacial score (nSPS) is 19.5. The topological polar surface area (TPSA) is 32.8 Å². The van der Waals surface area contributed by atoms with Crippen LogP contribution in [0.2, 0.25) is 0 Å². The maximum absolute atomic E-state index is 14.0. The first-order valence-corrected chi connectivity index (χ1v) is 11.5. The molecule has 0 radical (unpaired) electrons. The molecule has 0 N–H and O–H groups in total. The zero-order valence-corrected chi connectivity index (χ0v) is 19.3. The fourth-order valence-corrected chi connectivity index (χ4v) is 5.25. The molecular weight excluding hydrogens is 399 g/mol. The Balaban J connectivity index is 1.80. The van der Waals surface area contributed by atoms with Crippen molar-refractivity contribution in [3.05, 3.63) is 57.5 Å². The van der Waals surface area contributed by atoms with Gasteiger partial charge in [-0.05, 0) is 42.7 Å². The molecule has 1 aliphatic rings. The van der Waals surface area contributed by atoms with E-state index in [1.165, 1.54) is 15.8 Å². The molecule has 1 amide bonds. The molecule has 1 fully saturated rings. The molecule has 0 saturated carbocycles. The van der Waals surface area contributed by atoms with Gasteiger partial charge >= 0.3 is 0 Å². The minimum Gasteiger partial charge on any atom is -0.383 e. The number of carbonyl (C=O) groups excluding carboxylic acids is 1. The SMILES string of the molecule is COCCN(C[C@H]1CN(Cc2ccc(C)s2)C[C@@H]1c1cccc(F)c1)C(=O)C(C)C. The first-order valence-electron chi connectivity index (χ1n) is 10.7. The van der Waals surface area contributed by atoms with Crippen molar-refractivity contribution in [2.75, 3.05) is 39.9 Å². The number of rotatable bonds is 9. The highest BCUT2D eigenvalue weighted by molar-refractivity contribution is 7.11. The Morgan fingerprint density at radius 3 is 2.73 bits per heavy atom. The van der Waals surface area contributed by atoms with E-state index in [1.54, 1.807) is 19.2 Å². The van der Waals surface area contributed by atoms with E-state index in [0.717, 1.165) is 25.2 Å². The molecule has 2 atom stereocenters. The summed E-state index contributed by atoms with van der Waals surface area (Å²) in [4.78, 5) is 19.8. The molecule has 1 aromatic heterocycles. The van der Waals surface area contributed by atoms with Gasteiger partial charge in [0.05, 0.1) is 6.61 Å². The van der Waals surface area contributed by atoms with Gasteiger partial charge in [-0.3, -0.25) is 9.69 Å². The van der Waals surface area contributed by atoms with Gasteiger partial charge in [0.15, 0.2) is 0 Å². The van der Waals surface area contributed by atoms with Crippen LogP contribution >= 0.6 is 11.3 Å². The summed E-state index contributed by atoms with van der Waals surface area (Å²) in [6.07, 6.45) is 0. The maximum atomic E-state index is 14.0. The summed E-state index contributed by atoms with van der Waals surface area (Å²) in [6.45, 7) is 10.4. The molecular formula is C24H33FN2O2S. The molecule has 0 unspecified atom stereocenters. The van der Waals surface area contributed by atoms with Crippen LogP contribution in [0.3, 0.4) is 0 Å². The average molecular weight is 433 g/mol. The number of likely N-dealkylation sites (tertiary alicyclic amines) is 1. The molecule has 30 heavy (non-hydrogen) atoms. The van der Waals surface area contributed by atoms with E-state index in [2.05, 4.69) is 24.0 Å². The Morgan fingerprint density at radius 2 is 2.10 bits per heavy atom. The van der Waals surface area contributed by atoms with E-state index < -0.39 is 0 Å². The summed E-state index contributed by atoms with van der Waals surface area (Å²) in [5.74, 6) is 0.353. The number of carbonyl (C=O) groups is 1. The van der Waals surface area contributed by atoms with Gasteiger partial charge in [0.25, 0.3) is 0 Å². The summed E-state index contributed by atoms with van der Waals surface area (Å²) in [7, 11) is 1.66. The van der Waals surface area contributed by atoms with Crippen LogP contribution in [0.25, 0.3) is 0 Å². The highest BCUT2D eigenvalue weighted by Crippen LogP contribution is 2.35. The van der Waals surface area contributed by atoms with Crippen LogP contribution in [0, 0.1) is 24.6 Å². The van der Waals surface area contributed by atoms with Crippen molar-refractivity contribution in [1.29, 1.82) is 0 Å². The molecule has 4 nitrogen and oxygen atoms in total. The molecule has 2 heterocycles.